The molecule has 1 saturated heterocycles. The summed E-state index contributed by atoms with van der Waals surface area (Å²) in [5.74, 6) is 1.02. The quantitative estimate of drug-likeness (QED) is 0.516. The molecular weight excluding hydrogens is 440 g/mol. The molecule has 1 N–H and O–H groups in total. The predicted octanol–water partition coefficient (Wildman–Crippen LogP) is 2.78. The molecule has 8 heteroatoms. The number of nitrogens with zero attached hydrogens (tertiary/aromatic N) is 5. The highest BCUT2D eigenvalue weighted by atomic mass is 16.2. The number of rotatable bonds is 9. The summed E-state index contributed by atoms with van der Waals surface area (Å²) in [6.45, 7) is 2.59. The van der Waals surface area contributed by atoms with Crippen LogP contribution in [-0.4, -0.2) is 72.4 Å². The molecule has 1 aliphatic heterocycles. The van der Waals surface area contributed by atoms with Gasteiger partial charge in [-0.15, -0.1) is 0 Å². The van der Waals surface area contributed by atoms with Gasteiger partial charge in [0, 0.05) is 61.3 Å². The Hall–Kier alpha value is -3.49. The van der Waals surface area contributed by atoms with Crippen LogP contribution in [0.4, 0.5) is 5.69 Å². The number of amides is 2. The lowest BCUT2D eigenvalue weighted by molar-refractivity contribution is -0.117. The van der Waals surface area contributed by atoms with Crippen LogP contribution in [0.5, 0.6) is 0 Å². The summed E-state index contributed by atoms with van der Waals surface area (Å²) in [6.07, 6.45) is 4.18. The summed E-state index contributed by atoms with van der Waals surface area (Å²) in [7, 11) is 8.04. The molecule has 1 aromatic heterocycles. The second-order valence-electron chi connectivity index (χ2n) is 9.69. The van der Waals surface area contributed by atoms with Crippen LogP contribution in [0.15, 0.2) is 60.9 Å². The Labute approximate surface area is 207 Å². The molecule has 0 radical (unpaired) electrons. The fourth-order valence-corrected chi connectivity index (χ4v) is 4.45. The first-order valence-corrected chi connectivity index (χ1v) is 11.9. The highest BCUT2D eigenvalue weighted by Crippen LogP contribution is 2.26. The Morgan fingerprint density at radius 2 is 1.74 bits per heavy atom. The maximum Gasteiger partial charge on any atom is 0.251 e. The molecule has 2 heterocycles. The van der Waals surface area contributed by atoms with E-state index in [1.54, 1.807) is 6.20 Å². The van der Waals surface area contributed by atoms with Gasteiger partial charge in [0.25, 0.3) is 5.91 Å². The van der Waals surface area contributed by atoms with Crippen molar-refractivity contribution in [2.45, 2.75) is 19.5 Å². The number of nitrogens with one attached hydrogen (secondary N) is 1. The van der Waals surface area contributed by atoms with Gasteiger partial charge in [-0.3, -0.25) is 9.59 Å². The average Bonchev–Trinajstić information content (AvgIpc) is 3.43. The lowest BCUT2D eigenvalue weighted by atomic mass is 10.1. The highest BCUT2D eigenvalue weighted by Gasteiger charge is 2.30. The molecule has 3 aromatic rings. The molecule has 1 atom stereocenters. The van der Waals surface area contributed by atoms with Gasteiger partial charge >= 0.3 is 0 Å². The first-order valence-electron chi connectivity index (χ1n) is 11.9. The van der Waals surface area contributed by atoms with Crippen LogP contribution in [0.25, 0.3) is 5.69 Å². The summed E-state index contributed by atoms with van der Waals surface area (Å²) in [5.41, 5.74) is 3.63. The number of hydrogen-bond donors (Lipinski definition) is 1. The number of hydrogen-bond acceptors (Lipinski definition) is 5. The minimum atomic E-state index is -0.102. The van der Waals surface area contributed by atoms with E-state index in [-0.39, 0.29) is 17.7 Å². The zero-order valence-corrected chi connectivity index (χ0v) is 20.9. The number of anilines is 1. The molecule has 184 valence electrons. The van der Waals surface area contributed by atoms with Crippen molar-refractivity contribution in [1.82, 2.24) is 24.7 Å². The van der Waals surface area contributed by atoms with E-state index in [0.717, 1.165) is 35.9 Å². The van der Waals surface area contributed by atoms with Crippen molar-refractivity contribution in [3.05, 3.63) is 77.9 Å². The standard InChI is InChI=1S/C27H34N6O2/c1-30(2)17-20-6-5-7-22(14-20)27(35)29-16-21-15-26(34)33(18-21)24-10-8-23(9-11-24)32-13-12-28-25(32)19-31(3)4/h5-14,21H,15-19H2,1-4H3,(H,29,35). The number of imidazole rings is 1. The fraction of sp³-hybridized carbons (Fsp3) is 0.370. The second kappa shape index (κ2) is 10.8. The van der Waals surface area contributed by atoms with Gasteiger partial charge in [-0.2, -0.15) is 0 Å². The zero-order chi connectivity index (χ0) is 24.9. The summed E-state index contributed by atoms with van der Waals surface area (Å²) >= 11 is 0. The minimum Gasteiger partial charge on any atom is -0.352 e. The molecule has 0 bridgehead atoms. The van der Waals surface area contributed by atoms with E-state index in [4.69, 9.17) is 0 Å². The molecule has 1 fully saturated rings. The third-order valence-electron chi connectivity index (χ3n) is 6.06. The predicted molar refractivity (Wildman–Crippen MR) is 138 cm³/mol. The molecule has 35 heavy (non-hydrogen) atoms. The SMILES string of the molecule is CN(C)Cc1cccc(C(=O)NCC2CC(=O)N(c3ccc(-n4ccnc4CN(C)C)cc3)C2)c1. The normalized spacial score (nSPS) is 15.9. The first-order chi connectivity index (χ1) is 16.8. The Balaban J connectivity index is 1.35. The summed E-state index contributed by atoms with van der Waals surface area (Å²) in [4.78, 5) is 35.8. The smallest absolute Gasteiger partial charge is 0.251 e. The van der Waals surface area contributed by atoms with E-state index >= 15 is 0 Å². The van der Waals surface area contributed by atoms with Crippen molar-refractivity contribution in [3.63, 3.8) is 0 Å². The van der Waals surface area contributed by atoms with Crippen LogP contribution in [0.2, 0.25) is 0 Å². The number of carbonyl (C=O) groups is 2. The van der Waals surface area contributed by atoms with E-state index in [2.05, 4.69) is 24.7 Å². The highest BCUT2D eigenvalue weighted by molar-refractivity contribution is 5.96. The van der Waals surface area contributed by atoms with Crippen molar-refractivity contribution < 1.29 is 9.59 Å². The number of benzene rings is 2. The van der Waals surface area contributed by atoms with Gasteiger partial charge in [-0.1, -0.05) is 12.1 Å². The number of aromatic nitrogens is 2. The topological polar surface area (TPSA) is 73.7 Å². The van der Waals surface area contributed by atoms with Gasteiger partial charge in [-0.05, 0) is 70.2 Å². The second-order valence-corrected chi connectivity index (χ2v) is 9.69. The molecule has 1 aliphatic rings. The summed E-state index contributed by atoms with van der Waals surface area (Å²) < 4.78 is 2.06. The third kappa shape index (κ3) is 6.15. The Kier molecular flexibility index (Phi) is 7.63. The van der Waals surface area contributed by atoms with Crippen LogP contribution >= 0.6 is 0 Å². The van der Waals surface area contributed by atoms with Crippen molar-refractivity contribution in [3.8, 4) is 5.69 Å². The maximum atomic E-state index is 12.7. The fourth-order valence-electron chi connectivity index (χ4n) is 4.45. The summed E-state index contributed by atoms with van der Waals surface area (Å²) in [5, 5.41) is 3.02. The van der Waals surface area contributed by atoms with Gasteiger partial charge < -0.3 is 24.6 Å². The van der Waals surface area contributed by atoms with E-state index < -0.39 is 0 Å². The molecule has 4 rings (SSSR count). The Morgan fingerprint density at radius 3 is 2.46 bits per heavy atom. The molecular formula is C27H34N6O2. The Morgan fingerprint density at radius 1 is 1.03 bits per heavy atom. The molecule has 8 nitrogen and oxygen atoms in total. The van der Waals surface area contributed by atoms with E-state index in [9.17, 15) is 9.59 Å². The van der Waals surface area contributed by atoms with Gasteiger partial charge in [0.05, 0.1) is 6.54 Å². The van der Waals surface area contributed by atoms with E-state index in [1.807, 2.05) is 87.8 Å². The lowest BCUT2D eigenvalue weighted by Crippen LogP contribution is -2.31. The van der Waals surface area contributed by atoms with Crippen LogP contribution in [0.1, 0.15) is 28.2 Å². The van der Waals surface area contributed by atoms with Crippen LogP contribution in [0.3, 0.4) is 0 Å². The van der Waals surface area contributed by atoms with Crippen LogP contribution in [-0.2, 0) is 17.9 Å². The van der Waals surface area contributed by atoms with Gasteiger partial charge in [0.1, 0.15) is 5.82 Å². The van der Waals surface area contributed by atoms with Crippen molar-refractivity contribution >= 4 is 17.5 Å². The molecule has 2 amide bonds. The third-order valence-corrected chi connectivity index (χ3v) is 6.06. The Bertz CT molecular complexity index is 1170. The van der Waals surface area contributed by atoms with Gasteiger partial charge in [0.15, 0.2) is 0 Å². The van der Waals surface area contributed by atoms with E-state index in [1.165, 1.54) is 0 Å². The lowest BCUT2D eigenvalue weighted by Gasteiger charge is -2.18. The van der Waals surface area contributed by atoms with Gasteiger partial charge in [0.2, 0.25) is 5.91 Å². The van der Waals surface area contributed by atoms with Crippen LogP contribution < -0.4 is 10.2 Å². The molecule has 0 saturated carbocycles. The number of carbonyl (C=O) groups excluding carboxylic acids is 2. The minimum absolute atomic E-state index is 0.0800. The molecule has 2 aromatic carbocycles. The van der Waals surface area contributed by atoms with Crippen molar-refractivity contribution in [2.75, 3.05) is 46.2 Å². The first kappa shape index (κ1) is 24.6. The zero-order valence-electron chi connectivity index (χ0n) is 20.9. The van der Waals surface area contributed by atoms with Crippen molar-refractivity contribution in [1.29, 1.82) is 0 Å². The maximum absolute atomic E-state index is 12.7. The summed E-state index contributed by atoms with van der Waals surface area (Å²) in [6, 6.07) is 15.7. The molecule has 0 spiro atoms. The van der Waals surface area contributed by atoms with E-state index in [0.29, 0.717) is 25.1 Å². The molecule has 0 aliphatic carbocycles. The monoisotopic (exact) mass is 474 g/mol. The van der Waals surface area contributed by atoms with Crippen molar-refractivity contribution in [2.24, 2.45) is 5.92 Å². The average molecular weight is 475 g/mol. The van der Waals surface area contributed by atoms with Crippen LogP contribution in [0, 0.1) is 5.92 Å². The molecule has 1 unspecified atom stereocenters. The largest absolute Gasteiger partial charge is 0.352 e. The van der Waals surface area contributed by atoms with Gasteiger partial charge in [-0.25, -0.2) is 4.98 Å².